The number of piperidine rings is 1. The number of nitrogens with one attached hydrogen (secondary N) is 1. The fourth-order valence-corrected chi connectivity index (χ4v) is 1.89. The second-order valence-electron chi connectivity index (χ2n) is 4.15. The lowest BCUT2D eigenvalue weighted by Crippen LogP contribution is -2.33. The highest BCUT2D eigenvalue weighted by atomic mass is 16.1. The highest BCUT2D eigenvalue weighted by Crippen LogP contribution is 2.14. The Kier molecular flexibility index (Phi) is 2.75. The van der Waals surface area contributed by atoms with E-state index < -0.39 is 0 Å². The van der Waals surface area contributed by atoms with E-state index >= 15 is 0 Å². The highest BCUT2D eigenvalue weighted by Gasteiger charge is 2.14. The molecule has 0 bridgehead atoms. The first-order valence-electron chi connectivity index (χ1n) is 5.51. The first kappa shape index (κ1) is 10.2. The molecular formula is C11H17N3O. The van der Waals surface area contributed by atoms with Crippen LogP contribution in [0.4, 0.5) is 5.95 Å². The maximum absolute atomic E-state index is 11.6. The normalized spacial score (nSPS) is 16.8. The van der Waals surface area contributed by atoms with Crippen LogP contribution in [0.2, 0.25) is 0 Å². The lowest BCUT2D eigenvalue weighted by Gasteiger charge is -2.27. The predicted molar refractivity (Wildman–Crippen MR) is 60.4 cm³/mol. The topological polar surface area (TPSA) is 49.0 Å². The van der Waals surface area contributed by atoms with Crippen molar-refractivity contribution in [3.05, 3.63) is 21.6 Å². The molecule has 1 aliphatic rings. The number of hydrogen-bond donors (Lipinski definition) is 1. The molecule has 1 fully saturated rings. The van der Waals surface area contributed by atoms with Crippen LogP contribution in [0.25, 0.3) is 0 Å². The van der Waals surface area contributed by atoms with Gasteiger partial charge in [-0.1, -0.05) is 0 Å². The van der Waals surface area contributed by atoms with Crippen LogP contribution in [0.15, 0.2) is 4.79 Å². The number of H-pyrrole nitrogens is 1. The Morgan fingerprint density at radius 3 is 2.47 bits per heavy atom. The maximum Gasteiger partial charge on any atom is 0.255 e. The molecule has 4 heteroatoms. The lowest BCUT2D eigenvalue weighted by molar-refractivity contribution is 0.566. The van der Waals surface area contributed by atoms with Crippen LogP contribution in [0, 0.1) is 13.8 Å². The van der Waals surface area contributed by atoms with Crippen molar-refractivity contribution in [1.29, 1.82) is 0 Å². The zero-order valence-electron chi connectivity index (χ0n) is 9.34. The average Bonchev–Trinajstić information content (AvgIpc) is 2.26. The molecule has 0 unspecified atom stereocenters. The minimum Gasteiger partial charge on any atom is -0.342 e. The van der Waals surface area contributed by atoms with Gasteiger partial charge in [0.1, 0.15) is 0 Å². The van der Waals surface area contributed by atoms with Crippen LogP contribution in [0.5, 0.6) is 0 Å². The average molecular weight is 207 g/mol. The Hall–Kier alpha value is -1.32. The van der Waals surface area contributed by atoms with E-state index in [0.717, 1.165) is 30.3 Å². The molecule has 1 aliphatic heterocycles. The summed E-state index contributed by atoms with van der Waals surface area (Å²) in [4.78, 5) is 21.0. The molecule has 1 N–H and O–H groups in total. The molecule has 15 heavy (non-hydrogen) atoms. The Labute approximate surface area is 89.3 Å². The molecule has 0 spiro atoms. The van der Waals surface area contributed by atoms with Gasteiger partial charge in [-0.15, -0.1) is 0 Å². The van der Waals surface area contributed by atoms with Crippen LogP contribution in [0.1, 0.15) is 30.5 Å². The van der Waals surface area contributed by atoms with Gasteiger partial charge in [0, 0.05) is 24.3 Å². The van der Waals surface area contributed by atoms with Crippen LogP contribution in [-0.2, 0) is 0 Å². The number of rotatable bonds is 1. The van der Waals surface area contributed by atoms with Crippen molar-refractivity contribution in [1.82, 2.24) is 9.97 Å². The summed E-state index contributed by atoms with van der Waals surface area (Å²) in [6, 6.07) is 0. The van der Waals surface area contributed by atoms with E-state index in [1.807, 2.05) is 6.92 Å². The van der Waals surface area contributed by atoms with Crippen molar-refractivity contribution in [2.75, 3.05) is 18.0 Å². The number of aromatic amines is 1. The van der Waals surface area contributed by atoms with Gasteiger partial charge in [0.05, 0.1) is 0 Å². The van der Waals surface area contributed by atoms with Gasteiger partial charge >= 0.3 is 0 Å². The molecular weight excluding hydrogens is 190 g/mol. The van der Waals surface area contributed by atoms with Crippen molar-refractivity contribution in [3.63, 3.8) is 0 Å². The first-order valence-corrected chi connectivity index (χ1v) is 5.51. The molecule has 0 aliphatic carbocycles. The van der Waals surface area contributed by atoms with Crippen LogP contribution in [-0.4, -0.2) is 23.1 Å². The van der Waals surface area contributed by atoms with E-state index in [9.17, 15) is 4.79 Å². The van der Waals surface area contributed by atoms with Crippen molar-refractivity contribution < 1.29 is 0 Å². The quantitative estimate of drug-likeness (QED) is 0.756. The van der Waals surface area contributed by atoms with E-state index in [1.54, 1.807) is 6.92 Å². The summed E-state index contributed by atoms with van der Waals surface area (Å²) in [5.74, 6) is 0.739. The van der Waals surface area contributed by atoms with E-state index in [4.69, 9.17) is 0 Å². The lowest BCUT2D eigenvalue weighted by atomic mass is 10.1. The SMILES string of the molecule is Cc1nc(N2CCCCC2)[nH]c(=O)c1C. The van der Waals surface area contributed by atoms with Crippen LogP contribution < -0.4 is 10.5 Å². The molecule has 82 valence electrons. The first-order chi connectivity index (χ1) is 7.18. The van der Waals surface area contributed by atoms with Gasteiger partial charge in [0.25, 0.3) is 5.56 Å². The molecule has 2 heterocycles. The summed E-state index contributed by atoms with van der Waals surface area (Å²) in [5.41, 5.74) is 1.54. The van der Waals surface area contributed by atoms with E-state index in [-0.39, 0.29) is 5.56 Å². The summed E-state index contributed by atoms with van der Waals surface area (Å²) in [7, 11) is 0. The summed E-state index contributed by atoms with van der Waals surface area (Å²) >= 11 is 0. The fraction of sp³-hybridized carbons (Fsp3) is 0.636. The van der Waals surface area contributed by atoms with Crippen LogP contribution in [0.3, 0.4) is 0 Å². The third-order valence-electron chi connectivity index (χ3n) is 3.04. The third-order valence-corrected chi connectivity index (χ3v) is 3.04. The molecule has 0 atom stereocenters. The van der Waals surface area contributed by atoms with Gasteiger partial charge < -0.3 is 4.90 Å². The largest absolute Gasteiger partial charge is 0.342 e. The Bertz CT molecular complexity index is 405. The standard InChI is InChI=1S/C11H17N3O/c1-8-9(2)12-11(13-10(8)15)14-6-4-3-5-7-14/h3-7H2,1-2H3,(H,12,13,15). The summed E-state index contributed by atoms with van der Waals surface area (Å²) in [6.07, 6.45) is 3.67. The number of anilines is 1. The number of hydrogen-bond acceptors (Lipinski definition) is 3. The molecule has 2 rings (SSSR count). The van der Waals surface area contributed by atoms with Gasteiger partial charge in [-0.2, -0.15) is 0 Å². The molecule has 0 saturated carbocycles. The minimum absolute atomic E-state index is 0.0110. The van der Waals surface area contributed by atoms with Crippen molar-refractivity contribution >= 4 is 5.95 Å². The zero-order chi connectivity index (χ0) is 10.8. The molecule has 1 aromatic heterocycles. The van der Waals surface area contributed by atoms with E-state index in [1.165, 1.54) is 19.3 Å². The molecule has 4 nitrogen and oxygen atoms in total. The Morgan fingerprint density at radius 2 is 1.87 bits per heavy atom. The monoisotopic (exact) mass is 207 g/mol. The van der Waals surface area contributed by atoms with Gasteiger partial charge in [0.2, 0.25) is 5.95 Å². The molecule has 1 aromatic rings. The number of aromatic nitrogens is 2. The van der Waals surface area contributed by atoms with Crippen molar-refractivity contribution in [3.8, 4) is 0 Å². The number of nitrogens with zero attached hydrogens (tertiary/aromatic N) is 2. The molecule has 0 aromatic carbocycles. The van der Waals surface area contributed by atoms with Gasteiger partial charge in [-0.3, -0.25) is 9.78 Å². The smallest absolute Gasteiger partial charge is 0.255 e. The zero-order valence-corrected chi connectivity index (χ0v) is 9.34. The van der Waals surface area contributed by atoms with Crippen molar-refractivity contribution in [2.24, 2.45) is 0 Å². The molecule has 0 amide bonds. The molecule has 1 saturated heterocycles. The van der Waals surface area contributed by atoms with Crippen LogP contribution >= 0.6 is 0 Å². The highest BCUT2D eigenvalue weighted by molar-refractivity contribution is 5.32. The second-order valence-corrected chi connectivity index (χ2v) is 4.15. The molecule has 0 radical (unpaired) electrons. The summed E-state index contributed by atoms with van der Waals surface area (Å²) in [5, 5.41) is 0. The van der Waals surface area contributed by atoms with Crippen molar-refractivity contribution in [2.45, 2.75) is 33.1 Å². The van der Waals surface area contributed by atoms with Gasteiger partial charge in [0.15, 0.2) is 0 Å². The summed E-state index contributed by atoms with van der Waals surface area (Å²) in [6.45, 7) is 5.70. The third kappa shape index (κ3) is 2.03. The Balaban J connectivity index is 2.32. The van der Waals surface area contributed by atoms with Gasteiger partial charge in [-0.25, -0.2) is 4.98 Å². The second kappa shape index (κ2) is 4.04. The maximum atomic E-state index is 11.6. The Morgan fingerprint density at radius 1 is 1.20 bits per heavy atom. The minimum atomic E-state index is -0.0110. The predicted octanol–water partition coefficient (Wildman–Crippen LogP) is 1.38. The summed E-state index contributed by atoms with van der Waals surface area (Å²) < 4.78 is 0. The fourth-order valence-electron chi connectivity index (χ4n) is 1.89. The van der Waals surface area contributed by atoms with E-state index in [0.29, 0.717) is 0 Å². The van der Waals surface area contributed by atoms with E-state index in [2.05, 4.69) is 14.9 Å². The van der Waals surface area contributed by atoms with Gasteiger partial charge in [-0.05, 0) is 33.1 Å². The number of aryl methyl sites for hydroxylation is 1.